The summed E-state index contributed by atoms with van der Waals surface area (Å²) in [6, 6.07) is 5.79. The van der Waals surface area contributed by atoms with Crippen LogP contribution in [0, 0.1) is 11.8 Å². The van der Waals surface area contributed by atoms with Gasteiger partial charge in [-0.05, 0) is 79.5 Å². The molecule has 152 valence electrons. The summed E-state index contributed by atoms with van der Waals surface area (Å²) in [7, 11) is 0. The molecule has 0 saturated heterocycles. The predicted molar refractivity (Wildman–Crippen MR) is 113 cm³/mol. The molecule has 3 aromatic rings. The van der Waals surface area contributed by atoms with E-state index in [1.54, 1.807) is 6.07 Å². The van der Waals surface area contributed by atoms with E-state index in [2.05, 4.69) is 4.98 Å². The number of ether oxygens (including phenoxy) is 2. The van der Waals surface area contributed by atoms with Crippen LogP contribution in [0.3, 0.4) is 0 Å². The molecule has 5 nitrogen and oxygen atoms in total. The van der Waals surface area contributed by atoms with Crippen molar-refractivity contribution in [1.29, 1.82) is 0 Å². The second-order valence-electron chi connectivity index (χ2n) is 8.20. The summed E-state index contributed by atoms with van der Waals surface area (Å²) in [5.41, 5.74) is 2.89. The van der Waals surface area contributed by atoms with E-state index in [4.69, 9.17) is 9.47 Å². The number of aliphatic hydroxyl groups is 1. The zero-order chi connectivity index (χ0) is 20.1. The molecule has 1 unspecified atom stereocenters. The largest absolute Gasteiger partial charge is 0.506 e. The molecule has 2 aromatic carbocycles. The number of benzene rings is 2. The van der Waals surface area contributed by atoms with Crippen molar-refractivity contribution in [2.45, 2.75) is 45.6 Å². The Morgan fingerprint density at radius 3 is 2.45 bits per heavy atom. The molecular formula is C24H27NO4. The molecule has 0 aliphatic heterocycles. The van der Waals surface area contributed by atoms with Crippen molar-refractivity contribution in [3.8, 4) is 17.2 Å². The highest BCUT2D eigenvalue weighted by atomic mass is 16.5. The highest BCUT2D eigenvalue weighted by molar-refractivity contribution is 6.11. The van der Waals surface area contributed by atoms with E-state index in [1.807, 2.05) is 26.0 Å². The number of aromatic nitrogens is 1. The van der Waals surface area contributed by atoms with Crippen LogP contribution in [-0.4, -0.2) is 28.4 Å². The summed E-state index contributed by atoms with van der Waals surface area (Å²) in [5, 5.41) is 24.3. The molecule has 0 amide bonds. The molecule has 5 heteroatoms. The predicted octanol–water partition coefficient (Wildman–Crippen LogP) is 4.90. The van der Waals surface area contributed by atoms with Crippen molar-refractivity contribution >= 4 is 21.7 Å². The van der Waals surface area contributed by atoms with Gasteiger partial charge in [-0.25, -0.2) is 0 Å². The maximum Gasteiger partial charge on any atom is 0.161 e. The Hall–Kier alpha value is -2.53. The summed E-state index contributed by atoms with van der Waals surface area (Å²) in [6.45, 7) is 5.01. The first-order chi connectivity index (χ1) is 14.1. The van der Waals surface area contributed by atoms with Gasteiger partial charge in [0, 0.05) is 10.9 Å². The maximum atomic E-state index is 11.3. The van der Waals surface area contributed by atoms with Crippen molar-refractivity contribution in [2.24, 2.45) is 11.8 Å². The van der Waals surface area contributed by atoms with E-state index in [0.29, 0.717) is 30.8 Å². The van der Waals surface area contributed by atoms with Crippen LogP contribution in [0.1, 0.15) is 50.3 Å². The van der Waals surface area contributed by atoms with E-state index in [9.17, 15) is 10.2 Å². The minimum atomic E-state index is -0.516. The fraction of sp³-hybridized carbons (Fsp3) is 0.458. The van der Waals surface area contributed by atoms with Crippen molar-refractivity contribution in [3.63, 3.8) is 0 Å². The maximum absolute atomic E-state index is 11.3. The molecule has 1 heterocycles. The third-order valence-electron chi connectivity index (χ3n) is 6.64. The molecule has 0 spiro atoms. The number of hydrogen-bond donors (Lipinski definition) is 2. The van der Waals surface area contributed by atoms with Gasteiger partial charge in [-0.2, -0.15) is 0 Å². The first kappa shape index (κ1) is 18.5. The molecule has 2 aliphatic carbocycles. The summed E-state index contributed by atoms with van der Waals surface area (Å²) in [6.07, 6.45) is 5.31. The van der Waals surface area contributed by atoms with Gasteiger partial charge in [-0.3, -0.25) is 4.98 Å². The van der Waals surface area contributed by atoms with E-state index in [0.717, 1.165) is 45.8 Å². The second-order valence-corrected chi connectivity index (χ2v) is 8.20. The van der Waals surface area contributed by atoms with Crippen molar-refractivity contribution in [1.82, 2.24) is 4.98 Å². The van der Waals surface area contributed by atoms with Gasteiger partial charge in [0.1, 0.15) is 5.75 Å². The average Bonchev–Trinajstić information content (AvgIpc) is 3.18. The van der Waals surface area contributed by atoms with Crippen LogP contribution in [-0.2, 0) is 6.42 Å². The minimum Gasteiger partial charge on any atom is -0.506 e. The quantitative estimate of drug-likeness (QED) is 0.617. The molecule has 1 fully saturated rings. The summed E-state index contributed by atoms with van der Waals surface area (Å²) < 4.78 is 11.7. The molecule has 0 bridgehead atoms. The van der Waals surface area contributed by atoms with E-state index >= 15 is 0 Å². The molecule has 3 atom stereocenters. The Labute approximate surface area is 170 Å². The van der Waals surface area contributed by atoms with Crippen LogP contribution in [0.5, 0.6) is 17.2 Å². The zero-order valence-corrected chi connectivity index (χ0v) is 16.9. The summed E-state index contributed by atoms with van der Waals surface area (Å²) in [5.74, 6) is 2.35. The van der Waals surface area contributed by atoms with Crippen LogP contribution in [0.25, 0.3) is 21.7 Å². The third kappa shape index (κ3) is 2.83. The van der Waals surface area contributed by atoms with Crippen molar-refractivity contribution in [3.05, 3.63) is 35.5 Å². The summed E-state index contributed by atoms with van der Waals surface area (Å²) in [4.78, 5) is 4.56. The molecule has 1 saturated carbocycles. The molecule has 1 aromatic heterocycles. The number of pyridine rings is 1. The van der Waals surface area contributed by atoms with Crippen LogP contribution >= 0.6 is 0 Å². The molecule has 29 heavy (non-hydrogen) atoms. The van der Waals surface area contributed by atoms with Crippen molar-refractivity contribution in [2.75, 3.05) is 13.2 Å². The van der Waals surface area contributed by atoms with Crippen molar-refractivity contribution < 1.29 is 19.7 Å². The Kier molecular flexibility index (Phi) is 4.50. The number of rotatable bonds is 4. The van der Waals surface area contributed by atoms with Gasteiger partial charge in [0.25, 0.3) is 0 Å². The molecule has 2 N–H and O–H groups in total. The molecule has 2 aliphatic rings. The lowest BCUT2D eigenvalue weighted by atomic mass is 9.73. The third-order valence-corrected chi connectivity index (χ3v) is 6.64. The number of aliphatic hydroxyl groups excluding tert-OH is 1. The molecular weight excluding hydrogens is 366 g/mol. The van der Waals surface area contributed by atoms with E-state index < -0.39 is 6.10 Å². The van der Waals surface area contributed by atoms with Crippen LogP contribution < -0.4 is 9.47 Å². The van der Waals surface area contributed by atoms with Crippen LogP contribution in [0.2, 0.25) is 0 Å². The van der Waals surface area contributed by atoms with Crippen LogP contribution in [0.15, 0.2) is 24.4 Å². The Morgan fingerprint density at radius 2 is 1.72 bits per heavy atom. The number of nitrogens with zero attached hydrogens (tertiary/aromatic N) is 1. The number of aromatic hydroxyl groups is 1. The average molecular weight is 393 g/mol. The Bertz CT molecular complexity index is 1090. The van der Waals surface area contributed by atoms with E-state index in [1.165, 1.54) is 24.6 Å². The smallest absolute Gasteiger partial charge is 0.161 e. The fourth-order valence-corrected chi connectivity index (χ4v) is 5.48. The zero-order valence-electron chi connectivity index (χ0n) is 16.9. The lowest BCUT2D eigenvalue weighted by molar-refractivity contribution is 0.0758. The van der Waals surface area contributed by atoms with E-state index in [-0.39, 0.29) is 5.75 Å². The lowest BCUT2D eigenvalue weighted by Gasteiger charge is -2.34. The highest BCUT2D eigenvalue weighted by Gasteiger charge is 2.40. The van der Waals surface area contributed by atoms with Gasteiger partial charge in [0.05, 0.1) is 31.0 Å². The standard InChI is InChI=1S/C24H27NO4/c1-3-28-20-10-16-17(11-21(20)29-4-2)19-9-14(26)12-25-23(19)22-18(16)8-13-6-5-7-15(13)24(22)27/h9-13,15,24,26-27H,3-8H2,1-2H3/t13?,15-,24-/m0/s1. The first-order valence-corrected chi connectivity index (χ1v) is 10.7. The Balaban J connectivity index is 1.87. The highest BCUT2D eigenvalue weighted by Crippen LogP contribution is 2.52. The van der Waals surface area contributed by atoms with Gasteiger partial charge in [0.2, 0.25) is 0 Å². The van der Waals surface area contributed by atoms with Gasteiger partial charge in [0.15, 0.2) is 11.5 Å². The monoisotopic (exact) mass is 393 g/mol. The molecule has 5 rings (SSSR count). The fourth-order valence-electron chi connectivity index (χ4n) is 5.48. The van der Waals surface area contributed by atoms with Gasteiger partial charge < -0.3 is 19.7 Å². The SMILES string of the molecule is CCOc1cc2c3c(c4ncc(O)cc4c2cc1OCC)[C@@H](O)[C@H]1CCCC1C3. The topological polar surface area (TPSA) is 71.8 Å². The second kappa shape index (κ2) is 7.06. The molecule has 0 radical (unpaired) electrons. The minimum absolute atomic E-state index is 0.120. The lowest BCUT2D eigenvalue weighted by Crippen LogP contribution is -2.26. The number of fused-ring (bicyclic) bond motifs is 7. The summed E-state index contributed by atoms with van der Waals surface area (Å²) >= 11 is 0. The first-order valence-electron chi connectivity index (χ1n) is 10.7. The Morgan fingerprint density at radius 1 is 1.00 bits per heavy atom. The van der Waals surface area contributed by atoms with Gasteiger partial charge in [-0.1, -0.05) is 6.42 Å². The number of hydrogen-bond acceptors (Lipinski definition) is 5. The van der Waals surface area contributed by atoms with Gasteiger partial charge >= 0.3 is 0 Å². The normalized spacial score (nSPS) is 23.2. The van der Waals surface area contributed by atoms with Gasteiger partial charge in [-0.15, -0.1) is 0 Å². The van der Waals surface area contributed by atoms with Crippen LogP contribution in [0.4, 0.5) is 0 Å².